The summed E-state index contributed by atoms with van der Waals surface area (Å²) in [7, 11) is 0. The number of rotatable bonds is 2. The number of pyridine rings is 1. The number of piperidine rings is 1. The molecule has 2 N–H and O–H groups in total. The highest BCUT2D eigenvalue weighted by atomic mass is 15.2. The van der Waals surface area contributed by atoms with Crippen LogP contribution in [0.3, 0.4) is 0 Å². The van der Waals surface area contributed by atoms with Crippen LogP contribution in [0, 0.1) is 0 Å². The lowest BCUT2D eigenvalue weighted by Gasteiger charge is -2.38. The number of likely N-dealkylation sites (tertiary alicyclic amines) is 1. The van der Waals surface area contributed by atoms with Crippen LogP contribution < -0.4 is 5.73 Å². The van der Waals surface area contributed by atoms with E-state index >= 15 is 0 Å². The normalized spacial score (nSPS) is 22.6. The summed E-state index contributed by atoms with van der Waals surface area (Å²) in [4.78, 5) is 6.77. The Morgan fingerprint density at radius 3 is 2.81 bits per heavy atom. The molecule has 1 aromatic rings. The van der Waals surface area contributed by atoms with Crippen molar-refractivity contribution in [1.29, 1.82) is 0 Å². The molecule has 1 aliphatic heterocycles. The molecule has 0 saturated carbocycles. The molecule has 2 rings (SSSR count). The zero-order valence-corrected chi connectivity index (χ0v) is 10.2. The van der Waals surface area contributed by atoms with Crippen molar-refractivity contribution in [3.63, 3.8) is 0 Å². The average Bonchev–Trinajstić information content (AvgIpc) is 2.30. The molecule has 0 aromatic carbocycles. The van der Waals surface area contributed by atoms with E-state index in [0.29, 0.717) is 17.9 Å². The molecule has 1 aromatic heterocycles. The second kappa shape index (κ2) is 4.83. The Morgan fingerprint density at radius 1 is 1.38 bits per heavy atom. The molecule has 0 aliphatic carbocycles. The number of hydrogen-bond acceptors (Lipinski definition) is 3. The number of nitrogen functional groups attached to an aromatic ring is 1. The maximum Gasteiger partial charge on any atom is 0.123 e. The number of aromatic nitrogens is 1. The van der Waals surface area contributed by atoms with Gasteiger partial charge < -0.3 is 5.73 Å². The first-order valence-corrected chi connectivity index (χ1v) is 6.15. The predicted octanol–water partition coefficient (Wildman–Crippen LogP) is 2.60. The highest BCUT2D eigenvalue weighted by Gasteiger charge is 2.25. The zero-order valence-electron chi connectivity index (χ0n) is 10.2. The van der Waals surface area contributed by atoms with Crippen molar-refractivity contribution in [1.82, 2.24) is 9.88 Å². The van der Waals surface area contributed by atoms with Crippen LogP contribution in [-0.4, -0.2) is 22.5 Å². The molecule has 0 amide bonds. The molecular formula is C13H21N3. The van der Waals surface area contributed by atoms with Gasteiger partial charge in [0.15, 0.2) is 0 Å². The fraction of sp³-hybridized carbons (Fsp3) is 0.615. The third-order valence-corrected chi connectivity index (χ3v) is 3.40. The van der Waals surface area contributed by atoms with E-state index in [1.807, 2.05) is 12.3 Å². The van der Waals surface area contributed by atoms with Gasteiger partial charge in [0.1, 0.15) is 5.82 Å². The van der Waals surface area contributed by atoms with Gasteiger partial charge in [-0.1, -0.05) is 12.5 Å². The summed E-state index contributed by atoms with van der Waals surface area (Å²) >= 11 is 0. The molecule has 0 radical (unpaired) electrons. The lowest BCUT2D eigenvalue weighted by atomic mass is 9.95. The van der Waals surface area contributed by atoms with Gasteiger partial charge in [0, 0.05) is 18.3 Å². The lowest BCUT2D eigenvalue weighted by Crippen LogP contribution is -2.38. The van der Waals surface area contributed by atoms with Crippen molar-refractivity contribution in [2.45, 2.75) is 45.2 Å². The van der Waals surface area contributed by atoms with Crippen molar-refractivity contribution in [3.05, 3.63) is 23.9 Å². The quantitative estimate of drug-likeness (QED) is 0.831. The molecular weight excluding hydrogens is 198 g/mol. The molecule has 16 heavy (non-hydrogen) atoms. The fourth-order valence-corrected chi connectivity index (χ4v) is 2.54. The molecule has 0 unspecified atom stereocenters. The first-order chi connectivity index (χ1) is 7.68. The molecule has 2 heterocycles. The largest absolute Gasteiger partial charge is 0.384 e. The zero-order chi connectivity index (χ0) is 11.5. The standard InChI is InChI=1S/C13H21N3/c1-10(2)16-8-4-3-5-12(16)11-6-7-13(14)15-9-11/h6-7,9-10,12H,3-5,8H2,1-2H3,(H2,14,15)/t12-/m0/s1. The highest BCUT2D eigenvalue weighted by Crippen LogP contribution is 2.32. The van der Waals surface area contributed by atoms with Crippen molar-refractivity contribution >= 4 is 5.82 Å². The van der Waals surface area contributed by atoms with Crippen molar-refractivity contribution < 1.29 is 0 Å². The number of hydrogen-bond donors (Lipinski definition) is 1. The Morgan fingerprint density at radius 2 is 2.19 bits per heavy atom. The highest BCUT2D eigenvalue weighted by molar-refractivity contribution is 5.30. The summed E-state index contributed by atoms with van der Waals surface area (Å²) in [6.07, 6.45) is 5.81. The third kappa shape index (κ3) is 2.35. The van der Waals surface area contributed by atoms with Gasteiger partial charge in [-0.25, -0.2) is 4.98 Å². The first kappa shape index (κ1) is 11.4. The van der Waals surface area contributed by atoms with E-state index in [1.165, 1.54) is 31.4 Å². The molecule has 3 heteroatoms. The third-order valence-electron chi connectivity index (χ3n) is 3.40. The van der Waals surface area contributed by atoms with Crippen LogP contribution >= 0.6 is 0 Å². The monoisotopic (exact) mass is 219 g/mol. The molecule has 0 spiro atoms. The number of nitrogens with two attached hydrogens (primary N) is 1. The van der Waals surface area contributed by atoms with Crippen LogP contribution in [0.25, 0.3) is 0 Å². The Hall–Kier alpha value is -1.09. The average molecular weight is 219 g/mol. The summed E-state index contributed by atoms with van der Waals surface area (Å²) in [5.74, 6) is 0.607. The Labute approximate surface area is 97.7 Å². The van der Waals surface area contributed by atoms with Crippen LogP contribution in [-0.2, 0) is 0 Å². The van der Waals surface area contributed by atoms with E-state index in [9.17, 15) is 0 Å². The maximum absolute atomic E-state index is 5.63. The molecule has 1 saturated heterocycles. The second-order valence-electron chi connectivity index (χ2n) is 4.86. The van der Waals surface area contributed by atoms with Crippen LogP contribution in [0.5, 0.6) is 0 Å². The Bertz CT molecular complexity index is 332. The van der Waals surface area contributed by atoms with E-state index < -0.39 is 0 Å². The minimum absolute atomic E-state index is 0.529. The summed E-state index contributed by atoms with van der Waals surface area (Å²) in [6.45, 7) is 5.73. The summed E-state index contributed by atoms with van der Waals surface area (Å²) in [5.41, 5.74) is 6.93. The van der Waals surface area contributed by atoms with Crippen LogP contribution in [0.2, 0.25) is 0 Å². The molecule has 3 nitrogen and oxygen atoms in total. The Balaban J connectivity index is 2.19. The van der Waals surface area contributed by atoms with Gasteiger partial charge in [0.2, 0.25) is 0 Å². The van der Waals surface area contributed by atoms with Crippen LogP contribution in [0.1, 0.15) is 44.7 Å². The summed E-state index contributed by atoms with van der Waals surface area (Å²) in [5, 5.41) is 0. The molecule has 1 fully saturated rings. The van der Waals surface area contributed by atoms with Crippen molar-refractivity contribution in [2.75, 3.05) is 12.3 Å². The van der Waals surface area contributed by atoms with E-state index in [4.69, 9.17) is 5.73 Å². The van der Waals surface area contributed by atoms with Crippen molar-refractivity contribution in [2.24, 2.45) is 0 Å². The van der Waals surface area contributed by atoms with Crippen molar-refractivity contribution in [3.8, 4) is 0 Å². The fourth-order valence-electron chi connectivity index (χ4n) is 2.54. The van der Waals surface area contributed by atoms with Gasteiger partial charge in [-0.2, -0.15) is 0 Å². The van der Waals surface area contributed by atoms with Gasteiger partial charge in [-0.05, 0) is 44.9 Å². The van der Waals surface area contributed by atoms with E-state index in [0.717, 1.165) is 0 Å². The summed E-state index contributed by atoms with van der Waals surface area (Å²) < 4.78 is 0. The molecule has 1 atom stereocenters. The predicted molar refractivity (Wildman–Crippen MR) is 67.1 cm³/mol. The molecule has 88 valence electrons. The second-order valence-corrected chi connectivity index (χ2v) is 4.86. The minimum atomic E-state index is 0.529. The van der Waals surface area contributed by atoms with E-state index in [2.05, 4.69) is 29.8 Å². The van der Waals surface area contributed by atoms with Gasteiger partial charge >= 0.3 is 0 Å². The van der Waals surface area contributed by atoms with Gasteiger partial charge in [0.25, 0.3) is 0 Å². The minimum Gasteiger partial charge on any atom is -0.384 e. The maximum atomic E-state index is 5.63. The Kier molecular flexibility index (Phi) is 3.44. The van der Waals surface area contributed by atoms with E-state index in [-0.39, 0.29) is 0 Å². The smallest absolute Gasteiger partial charge is 0.123 e. The number of anilines is 1. The van der Waals surface area contributed by atoms with E-state index in [1.54, 1.807) is 0 Å². The summed E-state index contributed by atoms with van der Waals surface area (Å²) in [6, 6.07) is 5.15. The van der Waals surface area contributed by atoms with Crippen LogP contribution in [0.4, 0.5) is 5.82 Å². The topological polar surface area (TPSA) is 42.1 Å². The molecule has 0 bridgehead atoms. The van der Waals surface area contributed by atoms with Gasteiger partial charge in [0.05, 0.1) is 0 Å². The van der Waals surface area contributed by atoms with Gasteiger partial charge in [-0.3, -0.25) is 4.90 Å². The first-order valence-electron chi connectivity index (χ1n) is 6.15. The number of nitrogens with zero attached hydrogens (tertiary/aromatic N) is 2. The SMILES string of the molecule is CC(C)N1CCCC[C@H]1c1ccc(N)nc1. The lowest BCUT2D eigenvalue weighted by molar-refractivity contribution is 0.112. The van der Waals surface area contributed by atoms with Crippen LogP contribution in [0.15, 0.2) is 18.3 Å². The molecule has 1 aliphatic rings. The van der Waals surface area contributed by atoms with Gasteiger partial charge in [-0.15, -0.1) is 0 Å².